The minimum Gasteiger partial charge on any atom is -0.393 e. The number of nitrogens with zero attached hydrogens (tertiary/aromatic N) is 3. The topological polar surface area (TPSA) is 147 Å². The van der Waals surface area contributed by atoms with E-state index in [-0.39, 0.29) is 16.8 Å². The maximum atomic E-state index is 12.7. The number of carbonyl (C=O) groups excluding carboxylic acids is 4. The number of hydroxylamine groups is 2. The van der Waals surface area contributed by atoms with E-state index in [4.69, 9.17) is 10.6 Å². The van der Waals surface area contributed by atoms with Crippen LogP contribution in [0.5, 0.6) is 5.06 Å². The molecule has 4 N–H and O–H groups in total. The maximum absolute atomic E-state index is 12.7. The van der Waals surface area contributed by atoms with Crippen molar-refractivity contribution in [3.63, 3.8) is 0 Å². The smallest absolute Gasteiger partial charge is 0.309 e. The van der Waals surface area contributed by atoms with Gasteiger partial charge in [-0.3, -0.25) is 19.2 Å². The Morgan fingerprint density at radius 3 is 2.55 bits per heavy atom. The molecule has 11 nitrogen and oxygen atoms in total. The molecule has 1 aliphatic heterocycles. The molecule has 1 fully saturated rings. The summed E-state index contributed by atoms with van der Waals surface area (Å²) in [6.07, 6.45) is 1.28. The van der Waals surface area contributed by atoms with Crippen LogP contribution in [0.1, 0.15) is 34.8 Å². The zero-order valence-electron chi connectivity index (χ0n) is 16.4. The summed E-state index contributed by atoms with van der Waals surface area (Å²) in [4.78, 5) is 59.3. The molecule has 158 valence electrons. The number of rotatable bonds is 4. The molecule has 2 aliphatic rings. The Morgan fingerprint density at radius 2 is 1.93 bits per heavy atom. The summed E-state index contributed by atoms with van der Waals surface area (Å²) in [5.41, 5.74) is 5.72. The standard InChI is InChI=1S/C17H24N6O5S/c1-22(2)16(27)8-4-5-9(19-13(25)12(18)24)10(6-8)20-14(26)15-21-11-7-23(3)28-17(11)29-15/h8-10H,4-7H2,1-3H3,(H2,18,24)(H,19,25)(H,20,26)/t8-,9-,10+/m0/s1. The number of fused-ring (bicyclic) bond motifs is 1. The van der Waals surface area contributed by atoms with Gasteiger partial charge in [0.2, 0.25) is 11.0 Å². The second kappa shape index (κ2) is 8.33. The van der Waals surface area contributed by atoms with E-state index < -0.39 is 29.8 Å². The Morgan fingerprint density at radius 1 is 1.21 bits per heavy atom. The normalized spacial score (nSPS) is 23.6. The van der Waals surface area contributed by atoms with E-state index in [2.05, 4.69) is 15.6 Å². The Hall–Kier alpha value is -2.73. The molecule has 1 saturated carbocycles. The van der Waals surface area contributed by atoms with Crippen LogP contribution in [-0.4, -0.2) is 71.8 Å². The SMILES string of the molecule is CN1Cc2nc(C(=O)N[C@@H]3C[C@@H](C(=O)N(C)C)CC[C@@H]3NC(=O)C(N)=O)sc2O1. The van der Waals surface area contributed by atoms with Crippen LogP contribution >= 0.6 is 11.3 Å². The first-order chi connectivity index (χ1) is 13.7. The fraction of sp³-hybridized carbons (Fsp3) is 0.588. The lowest BCUT2D eigenvalue weighted by molar-refractivity contribution is -0.138. The van der Waals surface area contributed by atoms with E-state index >= 15 is 0 Å². The largest absolute Gasteiger partial charge is 0.393 e. The number of aromatic nitrogens is 1. The van der Waals surface area contributed by atoms with Crippen molar-refractivity contribution in [1.82, 2.24) is 25.6 Å². The first-order valence-corrected chi connectivity index (χ1v) is 9.98. The van der Waals surface area contributed by atoms with Crippen molar-refractivity contribution in [2.75, 3.05) is 21.1 Å². The molecule has 0 saturated heterocycles. The van der Waals surface area contributed by atoms with Crippen molar-refractivity contribution in [1.29, 1.82) is 0 Å². The highest BCUT2D eigenvalue weighted by molar-refractivity contribution is 7.15. The van der Waals surface area contributed by atoms with Gasteiger partial charge >= 0.3 is 11.8 Å². The van der Waals surface area contributed by atoms with Crippen LogP contribution in [0.2, 0.25) is 0 Å². The molecule has 12 heteroatoms. The lowest BCUT2D eigenvalue weighted by Gasteiger charge is -2.36. The molecule has 0 bridgehead atoms. The lowest BCUT2D eigenvalue weighted by Crippen LogP contribution is -2.57. The van der Waals surface area contributed by atoms with Crippen LogP contribution in [0.25, 0.3) is 0 Å². The van der Waals surface area contributed by atoms with Crippen molar-refractivity contribution in [2.24, 2.45) is 11.7 Å². The van der Waals surface area contributed by atoms with E-state index in [1.165, 1.54) is 4.90 Å². The predicted molar refractivity (Wildman–Crippen MR) is 103 cm³/mol. The number of primary amides is 1. The summed E-state index contributed by atoms with van der Waals surface area (Å²) >= 11 is 1.13. The monoisotopic (exact) mass is 424 g/mol. The van der Waals surface area contributed by atoms with Gasteiger partial charge in [-0.2, -0.15) is 0 Å². The van der Waals surface area contributed by atoms with Crippen LogP contribution in [0.4, 0.5) is 0 Å². The molecule has 4 amide bonds. The first kappa shape index (κ1) is 21.0. The molecule has 1 aliphatic carbocycles. The van der Waals surface area contributed by atoms with Crippen LogP contribution in [0, 0.1) is 5.92 Å². The van der Waals surface area contributed by atoms with Gasteiger partial charge in [0.05, 0.1) is 12.6 Å². The molecule has 29 heavy (non-hydrogen) atoms. The summed E-state index contributed by atoms with van der Waals surface area (Å²) in [6.45, 7) is 0.485. The summed E-state index contributed by atoms with van der Waals surface area (Å²) in [6, 6.07) is -1.06. The molecule has 0 unspecified atom stereocenters. The minimum atomic E-state index is -1.10. The zero-order chi connectivity index (χ0) is 21.3. The van der Waals surface area contributed by atoms with Crippen LogP contribution in [0.3, 0.4) is 0 Å². The molecule has 0 spiro atoms. The number of carbonyl (C=O) groups is 4. The molecular formula is C17H24N6O5S. The summed E-state index contributed by atoms with van der Waals surface area (Å²) < 4.78 is 0. The second-order valence-electron chi connectivity index (χ2n) is 7.40. The Bertz CT molecular complexity index is 817. The van der Waals surface area contributed by atoms with Gasteiger partial charge in [-0.05, 0) is 19.3 Å². The predicted octanol–water partition coefficient (Wildman–Crippen LogP) is -1.16. The molecule has 0 aromatic carbocycles. The molecule has 1 aromatic heterocycles. The van der Waals surface area contributed by atoms with E-state index in [1.807, 2.05) is 0 Å². The fourth-order valence-electron chi connectivity index (χ4n) is 3.55. The molecule has 0 radical (unpaired) electrons. The number of hydrogen-bond donors (Lipinski definition) is 3. The Labute approximate surface area is 171 Å². The van der Waals surface area contributed by atoms with Gasteiger partial charge in [-0.15, -0.1) is 5.06 Å². The number of nitrogens with one attached hydrogen (secondary N) is 2. The van der Waals surface area contributed by atoms with E-state index in [9.17, 15) is 19.2 Å². The average molecular weight is 424 g/mol. The third kappa shape index (κ3) is 4.65. The third-order valence-corrected chi connectivity index (χ3v) is 5.93. The highest BCUT2D eigenvalue weighted by Gasteiger charge is 2.37. The fourth-order valence-corrected chi connectivity index (χ4v) is 4.43. The minimum absolute atomic E-state index is 0.0476. The third-order valence-electron chi connectivity index (χ3n) is 4.96. The highest BCUT2D eigenvalue weighted by atomic mass is 32.1. The summed E-state index contributed by atoms with van der Waals surface area (Å²) in [5.74, 6) is -2.78. The Balaban J connectivity index is 1.73. The lowest BCUT2D eigenvalue weighted by atomic mass is 9.81. The maximum Gasteiger partial charge on any atom is 0.309 e. The van der Waals surface area contributed by atoms with Crippen molar-refractivity contribution in [3.8, 4) is 5.06 Å². The van der Waals surface area contributed by atoms with Gasteiger partial charge in [0.15, 0.2) is 5.01 Å². The second-order valence-corrected chi connectivity index (χ2v) is 8.36. The van der Waals surface area contributed by atoms with Crippen molar-refractivity contribution >= 4 is 35.0 Å². The summed E-state index contributed by atoms with van der Waals surface area (Å²) in [5, 5.41) is 7.84. The molecule has 3 rings (SSSR count). The van der Waals surface area contributed by atoms with Crippen molar-refractivity contribution < 1.29 is 24.0 Å². The molecular weight excluding hydrogens is 400 g/mol. The van der Waals surface area contributed by atoms with Gasteiger partial charge in [-0.25, -0.2) is 4.98 Å². The molecule has 2 heterocycles. The van der Waals surface area contributed by atoms with Gasteiger partial charge < -0.3 is 26.1 Å². The Kier molecular flexibility index (Phi) is 6.03. The highest BCUT2D eigenvalue weighted by Crippen LogP contribution is 2.34. The number of thiazole rings is 1. The number of amides is 4. The zero-order valence-corrected chi connectivity index (χ0v) is 17.2. The van der Waals surface area contributed by atoms with Gasteiger partial charge in [0.1, 0.15) is 5.69 Å². The number of hydrogen-bond acceptors (Lipinski definition) is 8. The van der Waals surface area contributed by atoms with Gasteiger partial charge in [-0.1, -0.05) is 11.3 Å². The van der Waals surface area contributed by atoms with Crippen LogP contribution < -0.4 is 21.2 Å². The molecule has 3 atom stereocenters. The van der Waals surface area contributed by atoms with E-state index in [1.54, 1.807) is 26.2 Å². The molecule has 1 aromatic rings. The van der Waals surface area contributed by atoms with E-state index in [0.29, 0.717) is 36.6 Å². The van der Waals surface area contributed by atoms with Gasteiger partial charge in [0.25, 0.3) is 5.91 Å². The number of nitrogens with two attached hydrogens (primary N) is 1. The van der Waals surface area contributed by atoms with Crippen molar-refractivity contribution in [3.05, 3.63) is 10.7 Å². The summed E-state index contributed by atoms with van der Waals surface area (Å²) in [7, 11) is 5.11. The average Bonchev–Trinajstić information content (AvgIpc) is 3.19. The first-order valence-electron chi connectivity index (χ1n) is 9.16. The van der Waals surface area contributed by atoms with E-state index in [0.717, 1.165) is 11.3 Å². The quantitative estimate of drug-likeness (QED) is 0.517. The van der Waals surface area contributed by atoms with Crippen LogP contribution in [-0.2, 0) is 20.9 Å². The van der Waals surface area contributed by atoms with Gasteiger partial charge in [0, 0.05) is 33.1 Å². The van der Waals surface area contributed by atoms with Crippen LogP contribution in [0.15, 0.2) is 0 Å². The van der Waals surface area contributed by atoms with Crippen molar-refractivity contribution in [2.45, 2.75) is 37.9 Å².